The normalized spacial score (nSPS) is 13.4. The Morgan fingerprint density at radius 3 is 1.37 bits per heavy atom. The van der Waals surface area contributed by atoms with E-state index in [0.717, 1.165) is 11.4 Å². The van der Waals surface area contributed by atoms with E-state index in [4.69, 9.17) is 0 Å². The SMILES string of the molecule is c1ccc2c(c1)-c1ccccc1C21c2ccccc2-c2ccc(Nc3ccc(-c4c5ccccc5cc5ccccc45)cc3)cc21. The van der Waals surface area contributed by atoms with Gasteiger partial charge in [0.05, 0.1) is 5.41 Å². The number of nitrogens with one attached hydrogen (secondary N) is 1. The van der Waals surface area contributed by atoms with Crippen molar-refractivity contribution in [2.24, 2.45) is 0 Å². The van der Waals surface area contributed by atoms with Crippen LogP contribution in [-0.4, -0.2) is 0 Å². The van der Waals surface area contributed by atoms with E-state index in [-0.39, 0.29) is 5.41 Å². The summed E-state index contributed by atoms with van der Waals surface area (Å²) in [6, 6.07) is 62.5. The molecule has 1 spiro atoms. The van der Waals surface area contributed by atoms with Gasteiger partial charge in [-0.2, -0.15) is 0 Å². The Bertz CT molecular complexity index is 2380. The van der Waals surface area contributed by atoms with Crippen molar-refractivity contribution < 1.29 is 0 Å². The summed E-state index contributed by atoms with van der Waals surface area (Å²) in [5, 5.41) is 8.86. The Morgan fingerprint density at radius 2 is 0.804 bits per heavy atom. The lowest BCUT2D eigenvalue weighted by Crippen LogP contribution is -2.25. The highest BCUT2D eigenvalue weighted by atomic mass is 14.9. The second-order valence-corrected chi connectivity index (χ2v) is 12.5. The molecule has 2 aliphatic rings. The first kappa shape index (κ1) is 25.4. The van der Waals surface area contributed by atoms with Gasteiger partial charge in [-0.3, -0.25) is 0 Å². The smallest absolute Gasteiger partial charge is 0.0726 e. The Labute approximate surface area is 268 Å². The average Bonchev–Trinajstić information content (AvgIpc) is 3.58. The summed E-state index contributed by atoms with van der Waals surface area (Å²) in [5.41, 5.74) is 15.1. The molecule has 0 fully saturated rings. The van der Waals surface area contributed by atoms with Gasteiger partial charge in [-0.25, -0.2) is 0 Å². The van der Waals surface area contributed by atoms with Crippen LogP contribution in [0.25, 0.3) is 54.9 Å². The highest BCUT2D eigenvalue weighted by molar-refractivity contribution is 6.12. The summed E-state index contributed by atoms with van der Waals surface area (Å²) in [5.74, 6) is 0. The Kier molecular flexibility index (Phi) is 5.27. The molecule has 0 amide bonds. The van der Waals surface area contributed by atoms with Crippen molar-refractivity contribution in [2.45, 2.75) is 5.41 Å². The molecule has 214 valence electrons. The molecule has 10 rings (SSSR count). The summed E-state index contributed by atoms with van der Waals surface area (Å²) >= 11 is 0. The number of anilines is 2. The van der Waals surface area contributed by atoms with E-state index in [0.29, 0.717) is 0 Å². The van der Waals surface area contributed by atoms with Crippen molar-refractivity contribution in [3.63, 3.8) is 0 Å². The first-order chi connectivity index (χ1) is 22.8. The monoisotopic (exact) mass is 583 g/mol. The van der Waals surface area contributed by atoms with Crippen LogP contribution in [0.1, 0.15) is 22.3 Å². The van der Waals surface area contributed by atoms with Crippen LogP contribution in [0.2, 0.25) is 0 Å². The summed E-state index contributed by atoms with van der Waals surface area (Å²) in [6.07, 6.45) is 0. The molecule has 0 unspecified atom stereocenters. The average molecular weight is 584 g/mol. The predicted molar refractivity (Wildman–Crippen MR) is 193 cm³/mol. The van der Waals surface area contributed by atoms with E-state index >= 15 is 0 Å². The van der Waals surface area contributed by atoms with Crippen molar-refractivity contribution in [2.75, 3.05) is 5.32 Å². The molecule has 0 heterocycles. The van der Waals surface area contributed by atoms with Gasteiger partial charge in [0, 0.05) is 11.4 Å². The molecule has 1 N–H and O–H groups in total. The van der Waals surface area contributed by atoms with Gasteiger partial charge in [0.1, 0.15) is 0 Å². The predicted octanol–water partition coefficient (Wildman–Crippen LogP) is 11.7. The molecule has 0 saturated heterocycles. The first-order valence-corrected chi connectivity index (χ1v) is 16.0. The van der Waals surface area contributed by atoms with Crippen molar-refractivity contribution in [3.05, 3.63) is 192 Å². The number of fused-ring (bicyclic) bond motifs is 12. The van der Waals surface area contributed by atoms with E-state index in [9.17, 15) is 0 Å². The number of benzene rings is 8. The second kappa shape index (κ2) is 9.54. The molecule has 0 aliphatic heterocycles. The Hall–Kier alpha value is -5.92. The molecule has 0 atom stereocenters. The molecule has 0 saturated carbocycles. The molecule has 1 heteroatoms. The van der Waals surface area contributed by atoms with Gasteiger partial charge in [0.2, 0.25) is 0 Å². The van der Waals surface area contributed by atoms with Gasteiger partial charge in [-0.05, 0) is 108 Å². The first-order valence-electron chi connectivity index (χ1n) is 16.0. The van der Waals surface area contributed by atoms with Crippen LogP contribution >= 0.6 is 0 Å². The van der Waals surface area contributed by atoms with Crippen LogP contribution in [-0.2, 0) is 5.41 Å². The minimum Gasteiger partial charge on any atom is -0.356 e. The van der Waals surface area contributed by atoms with Crippen LogP contribution < -0.4 is 5.32 Å². The van der Waals surface area contributed by atoms with Crippen LogP contribution in [0, 0.1) is 0 Å². The van der Waals surface area contributed by atoms with Crippen LogP contribution in [0.15, 0.2) is 170 Å². The van der Waals surface area contributed by atoms with Crippen molar-refractivity contribution >= 4 is 32.9 Å². The minimum absolute atomic E-state index is 0.337. The molecular formula is C45H29N. The fraction of sp³-hybridized carbons (Fsp3) is 0.0222. The maximum atomic E-state index is 3.77. The largest absolute Gasteiger partial charge is 0.356 e. The molecule has 2 aliphatic carbocycles. The quantitative estimate of drug-likeness (QED) is 0.204. The van der Waals surface area contributed by atoms with Gasteiger partial charge >= 0.3 is 0 Å². The summed E-state index contributed by atoms with van der Waals surface area (Å²) in [4.78, 5) is 0. The fourth-order valence-corrected chi connectivity index (χ4v) is 8.38. The molecule has 8 aromatic rings. The van der Waals surface area contributed by atoms with Crippen molar-refractivity contribution in [3.8, 4) is 33.4 Å². The minimum atomic E-state index is -0.337. The molecule has 8 aromatic carbocycles. The number of hydrogen-bond acceptors (Lipinski definition) is 1. The third-order valence-electron chi connectivity index (χ3n) is 10.2. The lowest BCUT2D eigenvalue weighted by molar-refractivity contribution is 0.794. The molecule has 0 bridgehead atoms. The van der Waals surface area contributed by atoms with Gasteiger partial charge in [0.15, 0.2) is 0 Å². The lowest BCUT2D eigenvalue weighted by atomic mass is 9.70. The zero-order valence-electron chi connectivity index (χ0n) is 25.2. The third kappa shape index (κ3) is 3.40. The maximum absolute atomic E-state index is 3.77. The lowest BCUT2D eigenvalue weighted by Gasteiger charge is -2.30. The van der Waals surface area contributed by atoms with E-state index in [2.05, 4.69) is 175 Å². The zero-order valence-corrected chi connectivity index (χ0v) is 25.2. The van der Waals surface area contributed by atoms with E-state index < -0.39 is 0 Å². The van der Waals surface area contributed by atoms with Crippen LogP contribution in [0.3, 0.4) is 0 Å². The van der Waals surface area contributed by atoms with E-state index in [1.54, 1.807) is 0 Å². The molecule has 0 aromatic heterocycles. The fourth-order valence-electron chi connectivity index (χ4n) is 8.38. The van der Waals surface area contributed by atoms with E-state index in [1.807, 2.05) is 0 Å². The van der Waals surface area contributed by atoms with Gasteiger partial charge < -0.3 is 5.32 Å². The summed E-state index contributed by atoms with van der Waals surface area (Å²) in [6.45, 7) is 0. The third-order valence-corrected chi connectivity index (χ3v) is 10.2. The maximum Gasteiger partial charge on any atom is 0.0726 e. The van der Waals surface area contributed by atoms with Crippen LogP contribution in [0.4, 0.5) is 11.4 Å². The second-order valence-electron chi connectivity index (χ2n) is 12.5. The number of rotatable bonds is 3. The van der Waals surface area contributed by atoms with Gasteiger partial charge in [0.25, 0.3) is 0 Å². The molecule has 46 heavy (non-hydrogen) atoms. The zero-order chi connectivity index (χ0) is 30.2. The Balaban J connectivity index is 1.09. The van der Waals surface area contributed by atoms with E-state index in [1.165, 1.54) is 77.2 Å². The topological polar surface area (TPSA) is 12.0 Å². The molecule has 1 nitrogen and oxygen atoms in total. The number of hydrogen-bond donors (Lipinski definition) is 1. The highest BCUT2D eigenvalue weighted by Gasteiger charge is 2.51. The van der Waals surface area contributed by atoms with Crippen molar-refractivity contribution in [1.29, 1.82) is 0 Å². The summed E-state index contributed by atoms with van der Waals surface area (Å²) in [7, 11) is 0. The highest BCUT2D eigenvalue weighted by Crippen LogP contribution is 2.62. The van der Waals surface area contributed by atoms with Crippen molar-refractivity contribution in [1.82, 2.24) is 0 Å². The van der Waals surface area contributed by atoms with Gasteiger partial charge in [-0.1, -0.05) is 140 Å². The molecular weight excluding hydrogens is 555 g/mol. The van der Waals surface area contributed by atoms with Crippen LogP contribution in [0.5, 0.6) is 0 Å². The standard InChI is InChI=1S/C45H29N/c1-3-13-34-30(11-1)27-31-12-2-4-14-35(31)44(34)29-21-23-32(24-22-29)46-33-25-26-39-38-17-7-10-20-42(38)45(43(39)28-33)40-18-8-5-15-36(40)37-16-6-9-19-41(37)45/h1-28,46H. The summed E-state index contributed by atoms with van der Waals surface area (Å²) < 4.78 is 0. The Morgan fingerprint density at radius 1 is 0.348 bits per heavy atom. The van der Waals surface area contributed by atoms with Gasteiger partial charge in [-0.15, -0.1) is 0 Å². The molecule has 0 radical (unpaired) electrons.